The Hall–Kier alpha value is -0.570. The number of nitrogens with one attached hydrogen (secondary N) is 1. The van der Waals surface area contributed by atoms with E-state index in [9.17, 15) is 0 Å². The van der Waals surface area contributed by atoms with Crippen LogP contribution in [0.1, 0.15) is 30.6 Å². The van der Waals surface area contributed by atoms with Crippen LogP contribution >= 0.6 is 22.9 Å². The van der Waals surface area contributed by atoms with Gasteiger partial charge in [0.1, 0.15) is 0 Å². The summed E-state index contributed by atoms with van der Waals surface area (Å²) >= 11 is 7.96. The number of halogens is 1. The SMILES string of the molecule is C[C@H]1C[C@@H](c2cc3cc(Cl)ccc3s2)CCN1. The van der Waals surface area contributed by atoms with E-state index in [-0.39, 0.29) is 0 Å². The van der Waals surface area contributed by atoms with Crippen LogP contribution in [-0.4, -0.2) is 12.6 Å². The molecule has 3 heteroatoms. The maximum atomic E-state index is 6.03. The minimum absolute atomic E-state index is 0.641. The van der Waals surface area contributed by atoms with Gasteiger partial charge in [-0.3, -0.25) is 0 Å². The Bertz CT molecular complexity index is 534. The van der Waals surface area contributed by atoms with Crippen LogP contribution in [0.2, 0.25) is 5.02 Å². The molecule has 2 atom stereocenters. The average molecular weight is 266 g/mol. The van der Waals surface area contributed by atoms with Crippen molar-refractivity contribution < 1.29 is 0 Å². The fourth-order valence-electron chi connectivity index (χ4n) is 2.63. The van der Waals surface area contributed by atoms with Gasteiger partial charge < -0.3 is 5.32 Å². The third-order valence-corrected chi connectivity index (χ3v) is 5.04. The first-order valence-corrected chi connectivity index (χ1v) is 7.34. The summed E-state index contributed by atoms with van der Waals surface area (Å²) in [6.45, 7) is 3.41. The molecule has 0 saturated carbocycles. The molecule has 0 aliphatic carbocycles. The van der Waals surface area contributed by atoms with Crippen LogP contribution in [0.5, 0.6) is 0 Å². The van der Waals surface area contributed by atoms with E-state index in [2.05, 4.69) is 30.4 Å². The van der Waals surface area contributed by atoms with Crippen molar-refractivity contribution in [2.75, 3.05) is 6.54 Å². The van der Waals surface area contributed by atoms with Crippen LogP contribution in [-0.2, 0) is 0 Å². The van der Waals surface area contributed by atoms with Crippen molar-refractivity contribution in [1.82, 2.24) is 5.32 Å². The Labute approximate surface area is 111 Å². The van der Waals surface area contributed by atoms with Crippen LogP contribution in [0.4, 0.5) is 0 Å². The van der Waals surface area contributed by atoms with Crippen molar-refractivity contribution in [1.29, 1.82) is 0 Å². The van der Waals surface area contributed by atoms with Crippen molar-refractivity contribution in [3.05, 3.63) is 34.2 Å². The van der Waals surface area contributed by atoms with Gasteiger partial charge in [-0.05, 0) is 61.9 Å². The van der Waals surface area contributed by atoms with Crippen LogP contribution in [0.15, 0.2) is 24.3 Å². The molecule has 1 fully saturated rings. The van der Waals surface area contributed by atoms with Crippen LogP contribution in [0, 0.1) is 0 Å². The summed E-state index contributed by atoms with van der Waals surface area (Å²) in [6.07, 6.45) is 2.51. The number of thiophene rings is 1. The average Bonchev–Trinajstić information content (AvgIpc) is 2.72. The van der Waals surface area contributed by atoms with Gasteiger partial charge in [0.15, 0.2) is 0 Å². The quantitative estimate of drug-likeness (QED) is 0.805. The minimum atomic E-state index is 0.641. The first-order valence-electron chi connectivity index (χ1n) is 6.15. The smallest absolute Gasteiger partial charge is 0.0412 e. The third kappa shape index (κ3) is 2.35. The van der Waals surface area contributed by atoms with E-state index in [1.165, 1.54) is 27.8 Å². The van der Waals surface area contributed by atoms with Crippen LogP contribution < -0.4 is 5.32 Å². The lowest BCUT2D eigenvalue weighted by molar-refractivity contribution is 0.384. The van der Waals surface area contributed by atoms with Crippen molar-refractivity contribution >= 4 is 33.0 Å². The molecule has 90 valence electrons. The van der Waals surface area contributed by atoms with Gasteiger partial charge in [-0.1, -0.05) is 11.6 Å². The van der Waals surface area contributed by atoms with E-state index in [4.69, 9.17) is 11.6 Å². The van der Waals surface area contributed by atoms with E-state index in [1.54, 1.807) is 0 Å². The van der Waals surface area contributed by atoms with Gasteiger partial charge in [-0.2, -0.15) is 0 Å². The molecule has 17 heavy (non-hydrogen) atoms. The highest BCUT2D eigenvalue weighted by Crippen LogP contribution is 2.36. The Morgan fingerprint density at radius 2 is 2.24 bits per heavy atom. The molecule has 3 rings (SSSR count). The predicted molar refractivity (Wildman–Crippen MR) is 76.3 cm³/mol. The summed E-state index contributed by atoms with van der Waals surface area (Å²) in [6, 6.07) is 9.16. The first kappa shape index (κ1) is 11.5. The summed E-state index contributed by atoms with van der Waals surface area (Å²) < 4.78 is 1.36. The zero-order valence-electron chi connectivity index (χ0n) is 9.87. The summed E-state index contributed by atoms with van der Waals surface area (Å²) in [5, 5.41) is 5.64. The zero-order chi connectivity index (χ0) is 11.8. The van der Waals surface area contributed by atoms with Crippen molar-refractivity contribution in [3.8, 4) is 0 Å². The fraction of sp³-hybridized carbons (Fsp3) is 0.429. The fourth-order valence-corrected chi connectivity index (χ4v) is 4.00. The second-order valence-electron chi connectivity index (χ2n) is 4.91. The molecular formula is C14H16ClNS. The van der Waals surface area contributed by atoms with E-state index in [0.717, 1.165) is 17.5 Å². The summed E-state index contributed by atoms with van der Waals surface area (Å²) in [5.41, 5.74) is 0. The lowest BCUT2D eigenvalue weighted by Gasteiger charge is -2.27. The number of hydrogen-bond acceptors (Lipinski definition) is 2. The Balaban J connectivity index is 1.94. The highest BCUT2D eigenvalue weighted by atomic mass is 35.5. The largest absolute Gasteiger partial charge is 0.314 e. The summed E-state index contributed by atoms with van der Waals surface area (Å²) in [5.74, 6) is 0.724. The van der Waals surface area contributed by atoms with Crippen molar-refractivity contribution in [3.63, 3.8) is 0 Å². The highest BCUT2D eigenvalue weighted by molar-refractivity contribution is 7.19. The summed E-state index contributed by atoms with van der Waals surface area (Å²) in [4.78, 5) is 1.52. The maximum absolute atomic E-state index is 6.03. The Morgan fingerprint density at radius 3 is 3.06 bits per heavy atom. The molecule has 2 heterocycles. The molecule has 0 bridgehead atoms. The number of fused-ring (bicyclic) bond motifs is 1. The maximum Gasteiger partial charge on any atom is 0.0412 e. The monoisotopic (exact) mass is 265 g/mol. The Morgan fingerprint density at radius 1 is 1.35 bits per heavy atom. The topological polar surface area (TPSA) is 12.0 Å². The highest BCUT2D eigenvalue weighted by Gasteiger charge is 2.21. The molecule has 2 aromatic rings. The molecule has 0 spiro atoms. The summed E-state index contributed by atoms with van der Waals surface area (Å²) in [7, 11) is 0. The second-order valence-corrected chi connectivity index (χ2v) is 6.46. The number of benzene rings is 1. The zero-order valence-corrected chi connectivity index (χ0v) is 11.4. The van der Waals surface area contributed by atoms with Gasteiger partial charge in [0.2, 0.25) is 0 Å². The molecule has 1 saturated heterocycles. The molecule has 1 aromatic heterocycles. The molecule has 1 aliphatic rings. The number of rotatable bonds is 1. The Kier molecular flexibility index (Phi) is 3.12. The lowest BCUT2D eigenvalue weighted by Crippen LogP contribution is -2.34. The van der Waals surface area contributed by atoms with Crippen molar-refractivity contribution in [2.24, 2.45) is 0 Å². The van der Waals surface area contributed by atoms with Crippen LogP contribution in [0.3, 0.4) is 0 Å². The molecule has 0 radical (unpaired) electrons. The van der Waals surface area contributed by atoms with Crippen LogP contribution in [0.25, 0.3) is 10.1 Å². The van der Waals surface area contributed by atoms with Gasteiger partial charge >= 0.3 is 0 Å². The normalized spacial score (nSPS) is 25.3. The minimum Gasteiger partial charge on any atom is -0.314 e. The van der Waals surface area contributed by atoms with Gasteiger partial charge in [0.25, 0.3) is 0 Å². The molecule has 1 N–H and O–H groups in total. The molecular weight excluding hydrogens is 250 g/mol. The van der Waals surface area contributed by atoms with E-state index >= 15 is 0 Å². The van der Waals surface area contributed by atoms with Crippen molar-refractivity contribution in [2.45, 2.75) is 31.7 Å². The molecule has 1 aliphatic heterocycles. The molecule has 0 amide bonds. The van der Waals surface area contributed by atoms with Gasteiger partial charge in [0, 0.05) is 20.6 Å². The standard InChI is InChI=1S/C14H16ClNS/c1-9-6-10(4-5-16-9)14-8-11-7-12(15)2-3-13(11)17-14/h2-3,7-10,16H,4-6H2,1H3/t9-,10-/m0/s1. The number of hydrogen-bond donors (Lipinski definition) is 1. The first-order chi connectivity index (χ1) is 8.22. The molecule has 1 aromatic carbocycles. The molecule has 1 nitrogen and oxygen atoms in total. The van der Waals surface area contributed by atoms with E-state index in [1.807, 2.05) is 17.4 Å². The molecule has 0 unspecified atom stereocenters. The third-order valence-electron chi connectivity index (χ3n) is 3.52. The van der Waals surface area contributed by atoms with E-state index < -0.39 is 0 Å². The van der Waals surface area contributed by atoms with Gasteiger partial charge in [-0.25, -0.2) is 0 Å². The second kappa shape index (κ2) is 4.60. The van der Waals surface area contributed by atoms with Gasteiger partial charge in [0.05, 0.1) is 0 Å². The lowest BCUT2D eigenvalue weighted by atomic mass is 9.92. The predicted octanol–water partition coefficient (Wildman–Crippen LogP) is 4.41. The van der Waals surface area contributed by atoms with E-state index in [0.29, 0.717) is 6.04 Å². The number of piperidine rings is 1. The van der Waals surface area contributed by atoms with Gasteiger partial charge in [-0.15, -0.1) is 11.3 Å².